The van der Waals surface area contributed by atoms with Crippen molar-refractivity contribution in [3.8, 4) is 0 Å². The van der Waals surface area contributed by atoms with E-state index in [0.717, 1.165) is 23.3 Å². The number of hydrogen-bond acceptors (Lipinski definition) is 5. The van der Waals surface area contributed by atoms with Gasteiger partial charge in [-0.1, -0.05) is 51.0 Å². The predicted molar refractivity (Wildman–Crippen MR) is 168 cm³/mol. The van der Waals surface area contributed by atoms with Crippen LogP contribution < -0.4 is 15.5 Å². The van der Waals surface area contributed by atoms with Crippen LogP contribution >= 0.6 is 0 Å². The fourth-order valence-electron chi connectivity index (χ4n) is 5.60. The molecule has 230 valence electrons. The molecule has 10 nitrogen and oxygen atoms in total. The van der Waals surface area contributed by atoms with E-state index in [1.165, 1.54) is 44.0 Å². The minimum atomic E-state index is -0.992. The van der Waals surface area contributed by atoms with Crippen LogP contribution in [0.2, 0.25) is 0 Å². The van der Waals surface area contributed by atoms with Gasteiger partial charge in [0.05, 0.1) is 24.1 Å². The average molecular weight is 599 g/mol. The number of nitrogens with one attached hydrogen (secondary N) is 2. The molecule has 0 radical (unpaired) electrons. The minimum absolute atomic E-state index is 0. The highest BCUT2D eigenvalue weighted by molar-refractivity contribution is 6.21. The van der Waals surface area contributed by atoms with Crippen LogP contribution in [0.25, 0.3) is 0 Å². The number of carbonyl (C=O) groups is 5. The van der Waals surface area contributed by atoms with Gasteiger partial charge in [-0.2, -0.15) is 0 Å². The summed E-state index contributed by atoms with van der Waals surface area (Å²) in [5.74, 6) is -1.65. The molecule has 5 amide bonds. The van der Waals surface area contributed by atoms with Gasteiger partial charge in [-0.05, 0) is 72.4 Å². The van der Waals surface area contributed by atoms with Gasteiger partial charge in [0.2, 0.25) is 0 Å². The standard InChI is InChI=1S/C33H34N4O6.CH4/c1-36-31(41)27-16-13-25(19-28(27)32(36)42)35-33(43)37(26-14-11-23(12-15-26)22-5-3-2-4-6-22)20-21-7-9-24(10-8-21)30(40)34-18-17-29(38)39;/h7-16,19,22H,2-6,17-18,20H2,1H3,(H,34,40)(H,35,43)(H,38,39);1H4. The first-order valence-corrected chi connectivity index (χ1v) is 14.4. The predicted octanol–water partition coefficient (Wildman–Crippen LogP) is 6.04. The summed E-state index contributed by atoms with van der Waals surface area (Å²) in [5.41, 5.74) is 4.01. The Labute approximate surface area is 257 Å². The molecule has 0 aromatic heterocycles. The Balaban J connectivity index is 0.00000442. The molecule has 1 aliphatic heterocycles. The van der Waals surface area contributed by atoms with E-state index < -0.39 is 17.9 Å². The maximum Gasteiger partial charge on any atom is 0.326 e. The molecule has 44 heavy (non-hydrogen) atoms. The fraction of sp³-hybridized carbons (Fsp3) is 0.324. The highest BCUT2D eigenvalue weighted by Gasteiger charge is 2.33. The van der Waals surface area contributed by atoms with Crippen molar-refractivity contribution in [1.82, 2.24) is 10.2 Å². The van der Waals surface area contributed by atoms with E-state index in [0.29, 0.717) is 28.4 Å². The molecule has 5 rings (SSSR count). The van der Waals surface area contributed by atoms with Gasteiger partial charge in [0.25, 0.3) is 17.7 Å². The smallest absolute Gasteiger partial charge is 0.326 e. The first kappa shape index (κ1) is 31.9. The third-order valence-corrected chi connectivity index (χ3v) is 8.05. The third kappa shape index (κ3) is 7.14. The first-order chi connectivity index (χ1) is 20.7. The summed E-state index contributed by atoms with van der Waals surface area (Å²) in [7, 11) is 1.42. The van der Waals surface area contributed by atoms with Crippen LogP contribution in [-0.2, 0) is 11.3 Å². The number of anilines is 2. The minimum Gasteiger partial charge on any atom is -0.481 e. The van der Waals surface area contributed by atoms with Gasteiger partial charge in [0.1, 0.15) is 0 Å². The molecule has 1 fully saturated rings. The number of urea groups is 1. The van der Waals surface area contributed by atoms with E-state index in [1.54, 1.807) is 35.2 Å². The summed E-state index contributed by atoms with van der Waals surface area (Å²) in [6, 6.07) is 19.0. The third-order valence-electron chi connectivity index (χ3n) is 8.05. The van der Waals surface area contributed by atoms with E-state index in [4.69, 9.17) is 5.11 Å². The van der Waals surface area contributed by atoms with Crippen LogP contribution in [0.1, 0.15) is 94.1 Å². The highest BCUT2D eigenvalue weighted by Crippen LogP contribution is 2.34. The summed E-state index contributed by atoms with van der Waals surface area (Å²) in [5, 5.41) is 14.2. The Hall–Kier alpha value is -4.99. The van der Waals surface area contributed by atoms with Crippen molar-refractivity contribution in [2.75, 3.05) is 23.8 Å². The SMILES string of the molecule is C.CN1C(=O)c2ccc(NC(=O)N(Cc3ccc(C(=O)NCCC(=O)O)cc3)c3ccc(C4CCCCC4)cc3)cc2C1=O. The summed E-state index contributed by atoms with van der Waals surface area (Å²) < 4.78 is 0. The Bertz CT molecular complexity index is 1540. The molecule has 0 spiro atoms. The van der Waals surface area contributed by atoms with Crippen LogP contribution in [0.5, 0.6) is 0 Å². The van der Waals surface area contributed by atoms with Crippen molar-refractivity contribution in [3.63, 3.8) is 0 Å². The monoisotopic (exact) mass is 598 g/mol. The number of rotatable bonds is 9. The van der Waals surface area contributed by atoms with Crippen molar-refractivity contribution < 1.29 is 29.1 Å². The molecule has 3 N–H and O–H groups in total. The molecule has 1 aliphatic carbocycles. The van der Waals surface area contributed by atoms with Crippen LogP contribution in [-0.4, -0.2) is 53.3 Å². The molecule has 0 unspecified atom stereocenters. The second kappa shape index (κ2) is 14.0. The Morgan fingerprint density at radius 3 is 2.20 bits per heavy atom. The van der Waals surface area contributed by atoms with E-state index in [9.17, 15) is 24.0 Å². The number of carboxylic acids is 1. The van der Waals surface area contributed by atoms with Gasteiger partial charge in [-0.15, -0.1) is 0 Å². The summed E-state index contributed by atoms with van der Waals surface area (Å²) in [6.07, 6.45) is 5.87. The number of hydrogen-bond donors (Lipinski definition) is 3. The molecular weight excluding hydrogens is 560 g/mol. The molecule has 0 saturated heterocycles. The van der Waals surface area contributed by atoms with Crippen LogP contribution in [0, 0.1) is 0 Å². The number of carboxylic acid groups (broad SMARTS) is 1. The number of imide groups is 1. The maximum absolute atomic E-state index is 13.7. The zero-order valence-electron chi connectivity index (χ0n) is 24.0. The Morgan fingerprint density at radius 2 is 1.55 bits per heavy atom. The molecule has 1 heterocycles. The second-order valence-electron chi connectivity index (χ2n) is 11.0. The lowest BCUT2D eigenvalue weighted by Crippen LogP contribution is -2.34. The van der Waals surface area contributed by atoms with Crippen LogP contribution in [0.4, 0.5) is 16.2 Å². The molecule has 1 saturated carbocycles. The van der Waals surface area contributed by atoms with E-state index in [2.05, 4.69) is 22.8 Å². The number of aliphatic carboxylic acids is 1. The van der Waals surface area contributed by atoms with Crippen molar-refractivity contribution in [2.24, 2.45) is 0 Å². The van der Waals surface area contributed by atoms with Gasteiger partial charge < -0.3 is 15.7 Å². The van der Waals surface area contributed by atoms with Crippen molar-refractivity contribution in [1.29, 1.82) is 0 Å². The lowest BCUT2D eigenvalue weighted by Gasteiger charge is -2.26. The second-order valence-corrected chi connectivity index (χ2v) is 11.0. The summed E-state index contributed by atoms with van der Waals surface area (Å²) >= 11 is 0. The number of carbonyl (C=O) groups excluding carboxylic acids is 4. The lowest BCUT2D eigenvalue weighted by atomic mass is 9.84. The molecule has 3 aromatic carbocycles. The fourth-order valence-corrected chi connectivity index (χ4v) is 5.60. The normalized spacial score (nSPS) is 14.4. The average Bonchev–Trinajstić information content (AvgIpc) is 3.23. The molecular formula is C34H38N4O6. The molecule has 2 aliphatic rings. The topological polar surface area (TPSA) is 136 Å². The van der Waals surface area contributed by atoms with E-state index in [-0.39, 0.29) is 44.3 Å². The zero-order chi connectivity index (χ0) is 30.5. The van der Waals surface area contributed by atoms with E-state index >= 15 is 0 Å². The summed E-state index contributed by atoms with van der Waals surface area (Å²) in [6.45, 7) is 0.222. The Kier molecular flexibility index (Phi) is 10.2. The van der Waals surface area contributed by atoms with Gasteiger partial charge in [-0.25, -0.2) is 4.79 Å². The number of benzene rings is 3. The van der Waals surface area contributed by atoms with Gasteiger partial charge in [-0.3, -0.25) is 29.0 Å². The highest BCUT2D eigenvalue weighted by atomic mass is 16.4. The van der Waals surface area contributed by atoms with Crippen molar-refractivity contribution in [3.05, 3.63) is 94.5 Å². The molecule has 10 heteroatoms. The first-order valence-electron chi connectivity index (χ1n) is 14.4. The van der Waals surface area contributed by atoms with E-state index in [1.807, 2.05) is 12.1 Å². The maximum atomic E-state index is 13.7. The molecule has 0 atom stereocenters. The van der Waals surface area contributed by atoms with Crippen LogP contribution in [0.15, 0.2) is 66.7 Å². The van der Waals surface area contributed by atoms with Crippen molar-refractivity contribution in [2.45, 2.75) is 58.4 Å². The van der Waals surface area contributed by atoms with Gasteiger partial charge in [0, 0.05) is 30.5 Å². The lowest BCUT2D eigenvalue weighted by molar-refractivity contribution is -0.136. The van der Waals surface area contributed by atoms with Gasteiger partial charge in [0.15, 0.2) is 0 Å². The van der Waals surface area contributed by atoms with Gasteiger partial charge >= 0.3 is 12.0 Å². The molecule has 3 aromatic rings. The van der Waals surface area contributed by atoms with Crippen LogP contribution in [0.3, 0.4) is 0 Å². The van der Waals surface area contributed by atoms with Crippen molar-refractivity contribution >= 4 is 41.1 Å². The quantitative estimate of drug-likeness (QED) is 0.257. The Morgan fingerprint density at radius 1 is 0.886 bits per heavy atom. The number of amides is 5. The number of fused-ring (bicyclic) bond motifs is 1. The summed E-state index contributed by atoms with van der Waals surface area (Å²) in [4.78, 5) is 64.2. The molecule has 0 bridgehead atoms. The zero-order valence-corrected chi connectivity index (χ0v) is 24.0. The number of nitrogens with zero attached hydrogens (tertiary/aromatic N) is 2. The largest absolute Gasteiger partial charge is 0.481 e.